The Balaban J connectivity index is 1.48. The van der Waals surface area contributed by atoms with Crippen molar-refractivity contribution < 1.29 is 0 Å². The fourth-order valence-electron chi connectivity index (χ4n) is 3.41. The Labute approximate surface area is 167 Å². The second kappa shape index (κ2) is 7.20. The molecule has 29 heavy (non-hydrogen) atoms. The van der Waals surface area contributed by atoms with Gasteiger partial charge in [-0.15, -0.1) is 15.3 Å². The van der Waals surface area contributed by atoms with E-state index in [4.69, 9.17) is 5.10 Å². The number of hydrogen-bond acceptors (Lipinski definition) is 5. The van der Waals surface area contributed by atoms with E-state index in [2.05, 4.69) is 39.7 Å². The van der Waals surface area contributed by atoms with Gasteiger partial charge in [-0.1, -0.05) is 48.5 Å². The van der Waals surface area contributed by atoms with Crippen molar-refractivity contribution in [2.24, 2.45) is 0 Å². The molecule has 0 saturated heterocycles. The van der Waals surface area contributed by atoms with Crippen LogP contribution in [0.1, 0.15) is 18.5 Å². The number of hydrogen-bond donors (Lipinski definition) is 1. The molecular weight excluding hydrogens is 362 g/mol. The van der Waals surface area contributed by atoms with Crippen LogP contribution in [0.15, 0.2) is 85.2 Å². The van der Waals surface area contributed by atoms with E-state index in [-0.39, 0.29) is 6.04 Å². The van der Waals surface area contributed by atoms with E-state index in [1.165, 1.54) is 0 Å². The van der Waals surface area contributed by atoms with Crippen LogP contribution in [0.5, 0.6) is 0 Å². The zero-order valence-electron chi connectivity index (χ0n) is 15.8. The molecule has 0 aliphatic rings. The lowest BCUT2D eigenvalue weighted by Crippen LogP contribution is -2.12. The van der Waals surface area contributed by atoms with Crippen LogP contribution in [0.4, 0.5) is 5.82 Å². The highest BCUT2D eigenvalue weighted by Gasteiger charge is 2.14. The highest BCUT2D eigenvalue weighted by atomic mass is 15.4. The molecule has 0 aliphatic heterocycles. The molecule has 0 aliphatic carbocycles. The molecule has 1 N–H and O–H groups in total. The van der Waals surface area contributed by atoms with Crippen LogP contribution in [0.3, 0.4) is 0 Å². The highest BCUT2D eigenvalue weighted by Crippen LogP contribution is 2.25. The molecule has 0 saturated carbocycles. The van der Waals surface area contributed by atoms with Crippen molar-refractivity contribution in [3.63, 3.8) is 0 Å². The lowest BCUT2D eigenvalue weighted by molar-refractivity contribution is 0.806. The third-order valence-corrected chi connectivity index (χ3v) is 4.81. The molecule has 7 heteroatoms. The summed E-state index contributed by atoms with van der Waals surface area (Å²) in [5.41, 5.74) is 3.85. The molecule has 3 heterocycles. The van der Waals surface area contributed by atoms with Crippen molar-refractivity contribution in [3.8, 4) is 17.1 Å². The van der Waals surface area contributed by atoms with Gasteiger partial charge in [-0.3, -0.25) is 0 Å². The van der Waals surface area contributed by atoms with Crippen molar-refractivity contribution in [1.29, 1.82) is 0 Å². The number of fused-ring (bicyclic) bond motifs is 1. The van der Waals surface area contributed by atoms with Gasteiger partial charge in [-0.05, 0) is 36.8 Å². The fourth-order valence-corrected chi connectivity index (χ4v) is 3.41. The van der Waals surface area contributed by atoms with Crippen LogP contribution in [-0.4, -0.2) is 29.6 Å². The Morgan fingerprint density at radius 3 is 2.52 bits per heavy atom. The molecule has 0 bridgehead atoms. The Bertz CT molecular complexity index is 1240. The van der Waals surface area contributed by atoms with E-state index >= 15 is 0 Å². The van der Waals surface area contributed by atoms with Gasteiger partial charge in [-0.25, -0.2) is 4.68 Å². The second-order valence-electron chi connectivity index (χ2n) is 6.75. The number of aromatic nitrogens is 6. The van der Waals surface area contributed by atoms with Gasteiger partial charge in [0.15, 0.2) is 11.5 Å². The molecule has 1 atom stereocenters. The van der Waals surface area contributed by atoms with Crippen LogP contribution in [0.25, 0.3) is 22.7 Å². The van der Waals surface area contributed by atoms with Crippen LogP contribution >= 0.6 is 0 Å². The minimum Gasteiger partial charge on any atom is -0.362 e. The summed E-state index contributed by atoms with van der Waals surface area (Å²) in [6.07, 6.45) is 3.72. The van der Waals surface area contributed by atoms with Gasteiger partial charge in [0.2, 0.25) is 0 Å². The first-order valence-electron chi connectivity index (χ1n) is 9.43. The normalized spacial score (nSPS) is 12.2. The third-order valence-electron chi connectivity index (χ3n) is 4.81. The van der Waals surface area contributed by atoms with Crippen molar-refractivity contribution in [1.82, 2.24) is 29.6 Å². The Kier molecular flexibility index (Phi) is 4.25. The maximum Gasteiger partial charge on any atom is 0.185 e. The number of anilines is 1. The van der Waals surface area contributed by atoms with Crippen LogP contribution in [-0.2, 0) is 0 Å². The summed E-state index contributed by atoms with van der Waals surface area (Å²) in [6.45, 7) is 2.11. The van der Waals surface area contributed by atoms with Crippen molar-refractivity contribution in [3.05, 3.63) is 90.8 Å². The van der Waals surface area contributed by atoms with E-state index in [0.29, 0.717) is 11.5 Å². The summed E-state index contributed by atoms with van der Waals surface area (Å²) < 4.78 is 3.64. The van der Waals surface area contributed by atoms with Gasteiger partial charge in [0.25, 0.3) is 0 Å². The predicted octanol–water partition coefficient (Wildman–Crippen LogP) is 4.15. The maximum atomic E-state index is 4.73. The zero-order chi connectivity index (χ0) is 19.6. The average Bonchev–Trinajstić information content (AvgIpc) is 3.44. The molecule has 3 aromatic heterocycles. The van der Waals surface area contributed by atoms with Gasteiger partial charge in [0, 0.05) is 18.0 Å². The van der Waals surface area contributed by atoms with Crippen LogP contribution < -0.4 is 5.32 Å². The van der Waals surface area contributed by atoms with E-state index in [1.54, 1.807) is 10.7 Å². The molecule has 7 nitrogen and oxygen atoms in total. The molecule has 5 rings (SSSR count). The monoisotopic (exact) mass is 381 g/mol. The number of nitrogens with zero attached hydrogens (tertiary/aromatic N) is 6. The second-order valence-corrected chi connectivity index (χ2v) is 6.75. The van der Waals surface area contributed by atoms with Gasteiger partial charge in [-0.2, -0.15) is 9.61 Å². The lowest BCUT2D eigenvalue weighted by atomic mass is 10.1. The lowest BCUT2D eigenvalue weighted by Gasteiger charge is -2.18. The molecule has 0 amide bonds. The molecule has 0 spiro atoms. The van der Waals surface area contributed by atoms with Crippen molar-refractivity contribution in [2.75, 3.05) is 5.32 Å². The van der Waals surface area contributed by atoms with Gasteiger partial charge in [0.1, 0.15) is 5.82 Å². The first kappa shape index (κ1) is 17.1. The number of nitrogens with one attached hydrogen (secondary N) is 1. The van der Waals surface area contributed by atoms with Crippen LogP contribution in [0, 0.1) is 0 Å². The smallest absolute Gasteiger partial charge is 0.185 e. The van der Waals surface area contributed by atoms with E-state index in [9.17, 15) is 0 Å². The SMILES string of the molecule is CC(Nc1ccc2nnc(-c3ccccc3)n2n1)c1ccccc1-n1cccn1. The molecule has 0 radical (unpaired) electrons. The fraction of sp³-hybridized carbons (Fsp3) is 0.0909. The van der Waals surface area contributed by atoms with Crippen LogP contribution in [0.2, 0.25) is 0 Å². The van der Waals surface area contributed by atoms with Gasteiger partial charge in [0.05, 0.1) is 11.7 Å². The first-order valence-corrected chi connectivity index (χ1v) is 9.43. The Hall–Kier alpha value is -4.00. The van der Waals surface area contributed by atoms with E-state index < -0.39 is 0 Å². The van der Waals surface area contributed by atoms with Crippen molar-refractivity contribution in [2.45, 2.75) is 13.0 Å². The highest BCUT2D eigenvalue weighted by molar-refractivity contribution is 5.59. The molecule has 2 aromatic carbocycles. The summed E-state index contributed by atoms with van der Waals surface area (Å²) >= 11 is 0. The van der Waals surface area contributed by atoms with Gasteiger partial charge < -0.3 is 5.32 Å². The summed E-state index contributed by atoms with van der Waals surface area (Å²) in [5, 5.41) is 21.1. The zero-order valence-corrected chi connectivity index (χ0v) is 15.8. The van der Waals surface area contributed by atoms with Gasteiger partial charge >= 0.3 is 0 Å². The molecular formula is C22H19N7. The first-order chi connectivity index (χ1) is 14.3. The largest absolute Gasteiger partial charge is 0.362 e. The number of rotatable bonds is 5. The minimum absolute atomic E-state index is 0.0250. The molecule has 142 valence electrons. The summed E-state index contributed by atoms with van der Waals surface area (Å²) in [4.78, 5) is 0. The maximum absolute atomic E-state index is 4.73. The van der Waals surface area contributed by atoms with E-state index in [0.717, 1.165) is 22.6 Å². The summed E-state index contributed by atoms with van der Waals surface area (Å²) in [5.74, 6) is 1.46. The summed E-state index contributed by atoms with van der Waals surface area (Å²) in [6, 6.07) is 23.9. The van der Waals surface area contributed by atoms with E-state index in [1.807, 2.05) is 71.5 Å². The standard InChI is InChI=1S/C22H19N7/c1-16(18-10-5-6-11-19(18)28-15-7-14-23-28)24-20-12-13-21-25-26-22(29(21)27-20)17-8-3-2-4-9-17/h2-16H,1H3,(H,24,27). The number of benzene rings is 2. The minimum atomic E-state index is 0.0250. The average molecular weight is 381 g/mol. The number of para-hydroxylation sites is 1. The Morgan fingerprint density at radius 2 is 1.69 bits per heavy atom. The quantitative estimate of drug-likeness (QED) is 0.495. The predicted molar refractivity (Wildman–Crippen MR) is 112 cm³/mol. The molecule has 5 aromatic rings. The molecule has 0 fully saturated rings. The summed E-state index contributed by atoms with van der Waals surface area (Å²) in [7, 11) is 0. The van der Waals surface area contributed by atoms with Crippen molar-refractivity contribution >= 4 is 11.5 Å². The third kappa shape index (κ3) is 3.23. The molecule has 1 unspecified atom stereocenters. The Morgan fingerprint density at radius 1 is 0.862 bits per heavy atom. The topological polar surface area (TPSA) is 72.9 Å².